The number of benzene rings is 20. The first-order chi connectivity index (χ1) is 70.2. The van der Waals surface area contributed by atoms with Gasteiger partial charge in [0.25, 0.3) is 0 Å². The van der Waals surface area contributed by atoms with Crippen molar-refractivity contribution >= 4 is 105 Å². The lowest BCUT2D eigenvalue weighted by Gasteiger charge is -2.42. The lowest BCUT2D eigenvalue weighted by atomic mass is 9.32. The molecule has 2 aliphatic carbocycles. The first-order valence-corrected chi connectivity index (χ1v) is 48.6. The van der Waals surface area contributed by atoms with E-state index in [4.69, 9.17) is 26.6 Å². The fourth-order valence-corrected chi connectivity index (χ4v) is 23.4. The van der Waals surface area contributed by atoms with Gasteiger partial charge in [-0.25, -0.2) is 29.9 Å². The van der Waals surface area contributed by atoms with Crippen molar-refractivity contribution in [3.8, 4) is 124 Å². The highest BCUT2D eigenvalue weighted by atomic mass is 35.5. The number of fused-ring (bicyclic) bond motifs is 24. The number of hydrogen-bond donors (Lipinski definition) is 2. The number of anilines is 6. The van der Waals surface area contributed by atoms with E-state index in [0.29, 0.717) is 29.1 Å². The molecule has 0 fully saturated rings. The van der Waals surface area contributed by atoms with Gasteiger partial charge in [0.2, 0.25) is 13.4 Å². The summed E-state index contributed by atoms with van der Waals surface area (Å²) in [6.07, 6.45) is 0. The maximum absolute atomic E-state index is 9.37. The molecule has 4 aliphatic heterocycles. The Morgan fingerprint density at radius 2 is 0.472 bits per heavy atom. The Hall–Kier alpha value is -17.6. The van der Waals surface area contributed by atoms with Crippen LogP contribution >= 0.6 is 11.6 Å². The van der Waals surface area contributed by atoms with Gasteiger partial charge in [0.15, 0.2) is 34.8 Å². The zero-order chi connectivity index (χ0) is 94.5. The molecule has 6 heterocycles. The molecule has 6 aliphatic rings. The number of para-hydroxylation sites is 4. The van der Waals surface area contributed by atoms with Gasteiger partial charge in [-0.2, -0.15) is 0 Å². The van der Waals surface area contributed by atoms with Crippen molar-refractivity contribution in [2.75, 3.05) is 9.80 Å². The molecular formula is C128H150B3ClN8O2-2. The molecule has 14 heteroatoms. The highest BCUT2D eigenvalue weighted by Crippen LogP contribution is 2.61. The summed E-state index contributed by atoms with van der Waals surface area (Å²) in [5, 5.41) is 19.5. The zero-order valence-corrected chi connectivity index (χ0v) is 77.7. The summed E-state index contributed by atoms with van der Waals surface area (Å²) in [7, 11) is -1.74. The molecule has 2 spiro atoms. The van der Waals surface area contributed by atoms with Crippen molar-refractivity contribution in [1.82, 2.24) is 29.9 Å². The smallest absolute Gasteiger partial charge is 0.528 e. The minimum atomic E-state index is -1.74. The third-order valence-corrected chi connectivity index (χ3v) is 29.4. The number of nitrogens with zero attached hydrogens (tertiary/aromatic N) is 8. The van der Waals surface area contributed by atoms with Gasteiger partial charge < -0.3 is 22.7 Å². The fourth-order valence-electron chi connectivity index (χ4n) is 23.3. The van der Waals surface area contributed by atoms with Gasteiger partial charge in [-0.1, -0.05) is 439 Å². The molecule has 2 N–H and O–H groups in total. The Morgan fingerprint density at radius 3 is 0.831 bits per heavy atom. The molecular weight excluding hydrogens is 1750 g/mol. The second kappa shape index (κ2) is 35.1. The first kappa shape index (κ1) is 84.9. The Morgan fingerprint density at radius 1 is 0.211 bits per heavy atom. The van der Waals surface area contributed by atoms with Crippen LogP contribution in [0.5, 0.6) is 0 Å². The zero-order valence-electron chi connectivity index (χ0n) is 78.9. The number of aromatic nitrogens is 6. The highest BCUT2D eigenvalue weighted by Gasteiger charge is 2.57. The molecule has 20 aromatic carbocycles. The van der Waals surface area contributed by atoms with E-state index in [1.54, 1.807) is 0 Å². The molecule has 2 atom stereocenters. The van der Waals surface area contributed by atoms with E-state index in [1.165, 1.54) is 138 Å². The summed E-state index contributed by atoms with van der Waals surface area (Å²) in [5.41, 5.74) is 43.7. The largest absolute Gasteiger partial charge is 1.00 e. The standard InChI is InChI=1S/C64H41BN4.C49H31BClN.C15H12BN3O2.32H2.2H/c1-5-18-43(19-6-1)61-66-62(44-20-7-2-8-21-44)68-63(67-61)46-35-39-51-50-38-34-45(42-32-36-49(37-33-42)69(47-22-9-3-10-23-47)48-24-11-4-12-25-48)40-56(50)64(57(51)41-46)54-28-14-16-31-59(54)65-58-30-15-13-26-52(58)53-27-17-29-55(64)60(53)65;51-34-25-29-39-38-28-24-33(32-22-26-37(27-23-32)52(35-12-3-1-4-13-35)36-14-5-2-6-15-36)30-44(38)49(45(39)31-34)42-18-8-10-21-47(42)50-46-20-9-7-16-40(46)41-17-11-19-43(49)48(41)50;20-16(21)15-18-13(11-7-3-1-4-8-11)17-14(19-15)12-9-5-2-6-10-12;;;;;;;;;;;;;;;;;;;;;;;;;;;;;;;;;;/h1-41H;1-31H;1-10,20-21H;32*1H;;/q;;;;;;;;;;;;;;;;;;;;;;;;;;;;;;;;;;;2*-1. The van der Waals surface area contributed by atoms with Crippen LogP contribution in [-0.4, -0.2) is 60.5 Å². The van der Waals surface area contributed by atoms with Gasteiger partial charge in [-0.15, -0.1) is 0 Å². The van der Waals surface area contributed by atoms with E-state index in [9.17, 15) is 10.0 Å². The average molecular weight is 1900 g/mol. The van der Waals surface area contributed by atoms with Crippen molar-refractivity contribution in [1.29, 1.82) is 0 Å². The summed E-state index contributed by atoms with van der Waals surface area (Å²) in [5.74, 6) is 2.76. The fraction of sp³-hybridized carbons (Fsp3) is 0.0156. The molecule has 0 bridgehead atoms. The summed E-state index contributed by atoms with van der Waals surface area (Å²) in [6.45, 7) is 0.326. The van der Waals surface area contributed by atoms with Crippen LogP contribution in [-0.2, 0) is 10.8 Å². The van der Waals surface area contributed by atoms with E-state index in [-0.39, 0.29) is 67.7 Å². The van der Waals surface area contributed by atoms with Crippen molar-refractivity contribution in [3.63, 3.8) is 0 Å². The van der Waals surface area contributed by atoms with Gasteiger partial charge >= 0.3 is 7.12 Å². The summed E-state index contributed by atoms with van der Waals surface area (Å²) in [4.78, 5) is 32.8. The van der Waals surface area contributed by atoms with Crippen LogP contribution in [0.2, 0.25) is 5.02 Å². The van der Waals surface area contributed by atoms with Crippen molar-refractivity contribution in [2.45, 2.75) is 10.8 Å². The lowest BCUT2D eigenvalue weighted by Crippen LogP contribution is -2.59. The number of rotatable bonds is 14. The van der Waals surface area contributed by atoms with Crippen LogP contribution in [0.15, 0.2) is 497 Å². The molecule has 28 rings (SSSR count). The second-order valence-electron chi connectivity index (χ2n) is 36.8. The molecule has 2 aromatic heterocycles. The molecule has 10 nitrogen and oxygen atoms in total. The topological polar surface area (TPSA) is 124 Å². The number of hydrogen-bond acceptors (Lipinski definition) is 10. The van der Waals surface area contributed by atoms with Crippen LogP contribution < -0.4 is 48.3 Å². The van der Waals surface area contributed by atoms with Gasteiger partial charge in [0.05, 0.1) is 10.8 Å². The normalized spacial score (nSPS) is 14.2. The molecule has 0 amide bonds. The van der Waals surface area contributed by atoms with Gasteiger partial charge in [0.1, 0.15) is 0 Å². The maximum atomic E-state index is 9.37. The summed E-state index contributed by atoms with van der Waals surface area (Å²) in [6, 6.07) is 178. The SMILES string of the molecule is Clc1ccc2c(c1)C1(c3ccccc3B3c4ccccc4-c4cccc1c43)c1cc(-c3ccc(N(c4ccccc4)c4ccccc4)cc3)ccc1-2.OB(O)c1nc(-c2ccccc2)nc(-c2ccccc2)n1.[H-].[H-].[HH].[HH].[HH].[HH].[HH].[HH].[HH].[HH].[HH].[HH].[HH].[HH].[HH].[HH].[HH].[HH].[HH].[HH].[HH].[HH].[HH].[HH].[HH].[HH].[HH].[HH].[HH].[HH].[HH].[HH].[HH].[HH].c1ccc(-c2nc(-c3ccccc3)nc(-c3ccc4c(c3)C3(c5ccccc5B5c6ccccc6-c6cccc3c65)c3cc(-c5ccc(N(c6ccccc6)c6ccccc6)cc5)ccc3-4)n2)cc1. The van der Waals surface area contributed by atoms with E-state index in [0.717, 1.165) is 72.5 Å². The lowest BCUT2D eigenvalue weighted by molar-refractivity contribution is 0.422. The van der Waals surface area contributed by atoms with E-state index < -0.39 is 17.9 Å². The summed E-state index contributed by atoms with van der Waals surface area (Å²) >= 11 is 6.92. The van der Waals surface area contributed by atoms with Crippen LogP contribution in [0.1, 0.15) is 93.0 Å². The first-order valence-electron chi connectivity index (χ1n) is 48.2. The third kappa shape index (κ3) is 14.1. The highest BCUT2D eigenvalue weighted by molar-refractivity contribution is 7.01. The van der Waals surface area contributed by atoms with Crippen LogP contribution in [0.25, 0.3) is 124 Å². The van der Waals surface area contributed by atoms with Gasteiger partial charge in [0, 0.05) is 113 Å². The van der Waals surface area contributed by atoms with E-state index in [1.807, 2.05) is 103 Å². The van der Waals surface area contributed by atoms with Crippen molar-refractivity contribution < 1.29 is 58.6 Å². The molecule has 22 aromatic rings. The van der Waals surface area contributed by atoms with E-state index in [2.05, 4.69) is 419 Å². The average Bonchev–Trinajstić information content (AvgIpc) is 1.50. The maximum Gasteiger partial charge on any atom is 0.528 e. The Kier molecular flexibility index (Phi) is 21.0. The predicted molar refractivity (Wildman–Crippen MR) is 653 cm³/mol. The molecule has 0 saturated heterocycles. The molecule has 732 valence electrons. The van der Waals surface area contributed by atoms with Crippen molar-refractivity contribution in [2.24, 2.45) is 0 Å². The quantitative estimate of drug-likeness (QED) is 0.102. The molecule has 0 radical (unpaired) electrons. The Labute approximate surface area is 880 Å². The minimum absolute atomic E-state index is 0. The molecule has 0 saturated carbocycles. The molecule has 2 unspecified atom stereocenters. The third-order valence-electron chi connectivity index (χ3n) is 29.2. The van der Waals surface area contributed by atoms with Crippen LogP contribution in [0, 0.1) is 0 Å². The van der Waals surface area contributed by atoms with Crippen molar-refractivity contribution in [3.05, 3.63) is 547 Å². The minimum Gasteiger partial charge on any atom is -1.00 e. The second-order valence-corrected chi connectivity index (χ2v) is 37.2. The monoisotopic (exact) mass is 1900 g/mol. The Balaban J connectivity index is -0.000000338. The predicted octanol–water partition coefficient (Wildman–Crippen LogP) is 32.8. The Bertz CT molecular complexity index is 8590. The van der Waals surface area contributed by atoms with E-state index >= 15 is 0 Å². The van der Waals surface area contributed by atoms with Gasteiger partial charge in [-0.05, 0) is 214 Å². The summed E-state index contributed by atoms with van der Waals surface area (Å²) < 4.78 is 0. The van der Waals surface area contributed by atoms with Gasteiger partial charge in [-0.3, -0.25) is 0 Å². The van der Waals surface area contributed by atoms with Crippen LogP contribution in [0.3, 0.4) is 0 Å². The number of halogens is 1. The molecule has 142 heavy (non-hydrogen) atoms. The van der Waals surface area contributed by atoms with Crippen LogP contribution in [0.4, 0.5) is 34.1 Å².